The zero-order valence-corrected chi connectivity index (χ0v) is 10.5. The fourth-order valence-electron chi connectivity index (χ4n) is 1.44. The van der Waals surface area contributed by atoms with Gasteiger partial charge in [-0.15, -0.1) is 0 Å². The SMILES string of the molecule is CC(C)c1cc(C(=O)N(C)CC(=O)O)n(C)n1. The van der Waals surface area contributed by atoms with Crippen LogP contribution in [0, 0.1) is 0 Å². The number of nitrogens with zero attached hydrogens (tertiary/aromatic N) is 3. The van der Waals surface area contributed by atoms with E-state index in [-0.39, 0.29) is 18.4 Å². The number of likely N-dealkylation sites (N-methyl/N-ethyl adjacent to an activating group) is 1. The molecule has 17 heavy (non-hydrogen) atoms. The van der Waals surface area contributed by atoms with Crippen LogP contribution in [-0.4, -0.2) is 45.3 Å². The molecule has 0 bridgehead atoms. The van der Waals surface area contributed by atoms with E-state index in [1.54, 1.807) is 13.1 Å². The van der Waals surface area contributed by atoms with E-state index < -0.39 is 5.97 Å². The molecule has 0 unspecified atom stereocenters. The molecular formula is C11H17N3O3. The summed E-state index contributed by atoms with van der Waals surface area (Å²) in [6, 6.07) is 1.70. The third-order valence-corrected chi connectivity index (χ3v) is 2.43. The number of carbonyl (C=O) groups excluding carboxylic acids is 1. The highest BCUT2D eigenvalue weighted by atomic mass is 16.4. The van der Waals surface area contributed by atoms with E-state index in [9.17, 15) is 9.59 Å². The Bertz CT molecular complexity index is 437. The first-order valence-corrected chi connectivity index (χ1v) is 5.34. The Balaban J connectivity index is 2.92. The van der Waals surface area contributed by atoms with E-state index in [0.717, 1.165) is 10.6 Å². The minimum absolute atomic E-state index is 0.229. The Hall–Kier alpha value is -1.85. The number of hydrogen-bond donors (Lipinski definition) is 1. The van der Waals surface area contributed by atoms with Crippen LogP contribution in [0.3, 0.4) is 0 Å². The van der Waals surface area contributed by atoms with Gasteiger partial charge in [-0.2, -0.15) is 5.10 Å². The number of aromatic nitrogens is 2. The summed E-state index contributed by atoms with van der Waals surface area (Å²) in [5.74, 6) is -1.14. The van der Waals surface area contributed by atoms with Crippen molar-refractivity contribution >= 4 is 11.9 Å². The molecule has 0 fully saturated rings. The second-order valence-corrected chi connectivity index (χ2v) is 4.29. The molecule has 6 heteroatoms. The number of aryl methyl sites for hydroxylation is 1. The van der Waals surface area contributed by atoms with Gasteiger partial charge in [0.05, 0.1) is 5.69 Å². The minimum Gasteiger partial charge on any atom is -0.480 e. The highest BCUT2D eigenvalue weighted by Gasteiger charge is 2.19. The second-order valence-electron chi connectivity index (χ2n) is 4.29. The first-order chi connectivity index (χ1) is 7.82. The van der Waals surface area contributed by atoms with Gasteiger partial charge in [-0.05, 0) is 12.0 Å². The van der Waals surface area contributed by atoms with E-state index in [1.165, 1.54) is 11.7 Å². The second kappa shape index (κ2) is 4.99. The van der Waals surface area contributed by atoms with Crippen molar-refractivity contribution in [3.8, 4) is 0 Å². The van der Waals surface area contributed by atoms with Gasteiger partial charge in [0, 0.05) is 14.1 Å². The maximum Gasteiger partial charge on any atom is 0.323 e. The fraction of sp³-hybridized carbons (Fsp3) is 0.545. The molecule has 1 amide bonds. The summed E-state index contributed by atoms with van der Waals surface area (Å²) < 4.78 is 1.48. The van der Waals surface area contributed by atoms with Crippen molar-refractivity contribution in [1.29, 1.82) is 0 Å². The third kappa shape index (κ3) is 3.05. The van der Waals surface area contributed by atoms with E-state index in [1.807, 2.05) is 13.8 Å². The summed E-state index contributed by atoms with van der Waals surface area (Å²) >= 11 is 0. The summed E-state index contributed by atoms with van der Waals surface area (Å²) in [6.45, 7) is 3.65. The van der Waals surface area contributed by atoms with Gasteiger partial charge in [-0.3, -0.25) is 14.3 Å². The van der Waals surface area contributed by atoms with Gasteiger partial charge in [-0.25, -0.2) is 0 Å². The molecule has 0 radical (unpaired) electrons. The number of carbonyl (C=O) groups is 2. The summed E-state index contributed by atoms with van der Waals surface area (Å²) in [6.07, 6.45) is 0. The lowest BCUT2D eigenvalue weighted by molar-refractivity contribution is -0.137. The van der Waals surface area contributed by atoms with Crippen LogP contribution >= 0.6 is 0 Å². The topological polar surface area (TPSA) is 75.4 Å². The van der Waals surface area contributed by atoms with Crippen LogP contribution < -0.4 is 0 Å². The quantitative estimate of drug-likeness (QED) is 0.839. The van der Waals surface area contributed by atoms with Crippen LogP contribution in [0.1, 0.15) is 35.9 Å². The van der Waals surface area contributed by atoms with Gasteiger partial charge >= 0.3 is 5.97 Å². The van der Waals surface area contributed by atoms with E-state index in [0.29, 0.717) is 5.69 Å². The van der Waals surface area contributed by atoms with Gasteiger partial charge in [0.15, 0.2) is 0 Å². The molecule has 6 nitrogen and oxygen atoms in total. The van der Waals surface area contributed by atoms with Gasteiger partial charge in [0.2, 0.25) is 0 Å². The summed E-state index contributed by atoms with van der Waals surface area (Å²) in [4.78, 5) is 23.6. The molecule has 94 valence electrons. The Kier molecular flexibility index (Phi) is 3.88. The predicted molar refractivity (Wildman–Crippen MR) is 61.9 cm³/mol. The number of carboxylic acids is 1. The Morgan fingerprint density at radius 1 is 1.53 bits per heavy atom. The molecule has 0 spiro atoms. The lowest BCUT2D eigenvalue weighted by Gasteiger charge is -2.13. The number of aliphatic carboxylic acids is 1. The maximum atomic E-state index is 11.9. The number of carboxylic acid groups (broad SMARTS) is 1. The molecule has 1 N–H and O–H groups in total. The Labute approximate surface area is 99.8 Å². The smallest absolute Gasteiger partial charge is 0.323 e. The molecule has 1 rings (SSSR count). The van der Waals surface area contributed by atoms with Crippen molar-refractivity contribution < 1.29 is 14.7 Å². The van der Waals surface area contributed by atoms with Crippen molar-refractivity contribution in [3.63, 3.8) is 0 Å². The fourth-order valence-corrected chi connectivity index (χ4v) is 1.44. The summed E-state index contributed by atoms with van der Waals surface area (Å²) in [7, 11) is 3.13. The highest BCUT2D eigenvalue weighted by molar-refractivity contribution is 5.94. The van der Waals surface area contributed by atoms with Crippen LogP contribution in [0.5, 0.6) is 0 Å². The molecule has 0 saturated carbocycles. The van der Waals surface area contributed by atoms with Gasteiger partial charge < -0.3 is 10.0 Å². The molecule has 0 aliphatic heterocycles. The lowest BCUT2D eigenvalue weighted by Crippen LogP contribution is -2.33. The van der Waals surface area contributed by atoms with Gasteiger partial charge in [0.1, 0.15) is 12.2 Å². The van der Waals surface area contributed by atoms with Crippen LogP contribution in [0.4, 0.5) is 0 Å². The van der Waals surface area contributed by atoms with Crippen LogP contribution in [0.25, 0.3) is 0 Å². The Morgan fingerprint density at radius 2 is 2.12 bits per heavy atom. The molecule has 1 heterocycles. The molecule has 0 aliphatic rings. The summed E-state index contributed by atoms with van der Waals surface area (Å²) in [5, 5.41) is 12.8. The third-order valence-electron chi connectivity index (χ3n) is 2.43. The zero-order chi connectivity index (χ0) is 13.2. The number of hydrogen-bond acceptors (Lipinski definition) is 3. The van der Waals surface area contributed by atoms with Gasteiger partial charge in [-0.1, -0.05) is 13.8 Å². The molecule has 0 atom stereocenters. The predicted octanol–water partition coefficient (Wildman–Crippen LogP) is 0.700. The largest absolute Gasteiger partial charge is 0.480 e. The molecule has 0 saturated heterocycles. The van der Waals surface area contributed by atoms with Crippen molar-refractivity contribution in [1.82, 2.24) is 14.7 Å². The van der Waals surface area contributed by atoms with Gasteiger partial charge in [0.25, 0.3) is 5.91 Å². The van der Waals surface area contributed by atoms with Crippen LogP contribution in [0.2, 0.25) is 0 Å². The van der Waals surface area contributed by atoms with E-state index >= 15 is 0 Å². The standard InChI is InChI=1S/C11H17N3O3/c1-7(2)8-5-9(14(4)12-8)11(17)13(3)6-10(15)16/h5,7H,6H2,1-4H3,(H,15,16). The average Bonchev–Trinajstić information content (AvgIpc) is 2.58. The number of amides is 1. The molecule has 0 aromatic carbocycles. The van der Waals surface area contributed by atoms with Crippen LogP contribution in [-0.2, 0) is 11.8 Å². The zero-order valence-electron chi connectivity index (χ0n) is 10.5. The normalized spacial score (nSPS) is 10.6. The number of rotatable bonds is 4. The first kappa shape index (κ1) is 13.2. The van der Waals surface area contributed by atoms with Crippen molar-refractivity contribution in [2.45, 2.75) is 19.8 Å². The van der Waals surface area contributed by atoms with Crippen molar-refractivity contribution in [2.24, 2.45) is 7.05 Å². The van der Waals surface area contributed by atoms with E-state index in [4.69, 9.17) is 5.11 Å². The van der Waals surface area contributed by atoms with Crippen molar-refractivity contribution in [2.75, 3.05) is 13.6 Å². The molecule has 1 aromatic heterocycles. The van der Waals surface area contributed by atoms with E-state index in [2.05, 4.69) is 5.10 Å². The molecule has 0 aliphatic carbocycles. The maximum absolute atomic E-state index is 11.9. The first-order valence-electron chi connectivity index (χ1n) is 5.34. The molecular weight excluding hydrogens is 222 g/mol. The van der Waals surface area contributed by atoms with Crippen molar-refractivity contribution in [3.05, 3.63) is 17.5 Å². The summed E-state index contributed by atoms with van der Waals surface area (Å²) in [5.41, 5.74) is 1.22. The lowest BCUT2D eigenvalue weighted by atomic mass is 10.1. The van der Waals surface area contributed by atoms with Crippen LogP contribution in [0.15, 0.2) is 6.07 Å². The average molecular weight is 239 g/mol. The Morgan fingerprint density at radius 3 is 2.53 bits per heavy atom. The molecule has 1 aromatic rings. The highest BCUT2D eigenvalue weighted by Crippen LogP contribution is 2.14. The minimum atomic E-state index is -1.04. The monoisotopic (exact) mass is 239 g/mol.